The molecule has 0 radical (unpaired) electrons. The monoisotopic (exact) mass is 245 g/mol. The highest BCUT2D eigenvalue weighted by Crippen LogP contribution is 2.33. The van der Waals surface area contributed by atoms with Crippen molar-refractivity contribution < 1.29 is 0 Å². The predicted octanol–water partition coefficient (Wildman–Crippen LogP) is 4.87. The molecule has 1 atom stereocenters. The van der Waals surface area contributed by atoms with Crippen LogP contribution >= 0.6 is 0 Å². The van der Waals surface area contributed by atoms with Crippen LogP contribution in [0.3, 0.4) is 0 Å². The zero-order valence-electron chi connectivity index (χ0n) is 11.9. The van der Waals surface area contributed by atoms with Crippen molar-refractivity contribution in [2.75, 3.05) is 0 Å². The summed E-state index contributed by atoms with van der Waals surface area (Å²) in [5.41, 5.74) is 1.46. The largest absolute Gasteiger partial charge is 0.265 e. The molecule has 1 aliphatic rings. The van der Waals surface area contributed by atoms with Crippen molar-refractivity contribution in [1.82, 2.24) is 4.98 Å². The van der Waals surface area contributed by atoms with Gasteiger partial charge in [-0.15, -0.1) is 0 Å². The molecule has 1 aliphatic carbocycles. The van der Waals surface area contributed by atoms with Crippen LogP contribution in [0.15, 0.2) is 24.5 Å². The maximum absolute atomic E-state index is 4.11. The van der Waals surface area contributed by atoms with Crippen LogP contribution in [0.2, 0.25) is 0 Å². The van der Waals surface area contributed by atoms with Crippen molar-refractivity contribution in [3.05, 3.63) is 30.1 Å². The molecule has 1 aromatic heterocycles. The quantitative estimate of drug-likeness (QED) is 0.721. The van der Waals surface area contributed by atoms with Gasteiger partial charge in [0, 0.05) is 12.4 Å². The SMILES string of the molecule is CC(C)C(Cc1ccncc1)CC1CCCCC1. The van der Waals surface area contributed by atoms with E-state index in [9.17, 15) is 0 Å². The second kappa shape index (κ2) is 6.92. The molecule has 0 amide bonds. The first kappa shape index (κ1) is 13.6. The molecule has 1 fully saturated rings. The van der Waals surface area contributed by atoms with Crippen molar-refractivity contribution in [3.63, 3.8) is 0 Å². The summed E-state index contributed by atoms with van der Waals surface area (Å²) >= 11 is 0. The molecule has 1 heteroatoms. The van der Waals surface area contributed by atoms with Crippen LogP contribution < -0.4 is 0 Å². The molecule has 18 heavy (non-hydrogen) atoms. The van der Waals surface area contributed by atoms with E-state index in [4.69, 9.17) is 0 Å². The lowest BCUT2D eigenvalue weighted by Gasteiger charge is -2.29. The summed E-state index contributed by atoms with van der Waals surface area (Å²) in [5, 5.41) is 0. The van der Waals surface area contributed by atoms with E-state index in [1.807, 2.05) is 12.4 Å². The third-order valence-corrected chi connectivity index (χ3v) is 4.55. The first-order chi connectivity index (χ1) is 8.75. The standard InChI is InChI=1S/C17H27N/c1-14(2)17(12-15-6-4-3-5-7-15)13-16-8-10-18-11-9-16/h8-11,14-15,17H,3-7,12-13H2,1-2H3. The molecule has 1 unspecified atom stereocenters. The first-order valence-corrected chi connectivity index (χ1v) is 7.64. The number of hydrogen-bond acceptors (Lipinski definition) is 1. The van der Waals surface area contributed by atoms with Crippen LogP contribution in [0.25, 0.3) is 0 Å². The highest BCUT2D eigenvalue weighted by atomic mass is 14.6. The van der Waals surface area contributed by atoms with Crippen LogP contribution in [0.5, 0.6) is 0 Å². The Labute approximate surface area is 112 Å². The third kappa shape index (κ3) is 4.12. The fourth-order valence-electron chi connectivity index (χ4n) is 3.26. The van der Waals surface area contributed by atoms with Gasteiger partial charge in [0.1, 0.15) is 0 Å². The van der Waals surface area contributed by atoms with E-state index < -0.39 is 0 Å². The van der Waals surface area contributed by atoms with E-state index in [1.54, 1.807) is 0 Å². The summed E-state index contributed by atoms with van der Waals surface area (Å²) in [4.78, 5) is 4.11. The number of nitrogens with zero attached hydrogens (tertiary/aromatic N) is 1. The normalized spacial score (nSPS) is 19.1. The van der Waals surface area contributed by atoms with Gasteiger partial charge in [-0.1, -0.05) is 46.0 Å². The van der Waals surface area contributed by atoms with Gasteiger partial charge in [0.05, 0.1) is 0 Å². The van der Waals surface area contributed by atoms with Gasteiger partial charge in [0.25, 0.3) is 0 Å². The molecule has 0 aliphatic heterocycles. The minimum Gasteiger partial charge on any atom is -0.265 e. The minimum atomic E-state index is 0.792. The number of pyridine rings is 1. The molecule has 100 valence electrons. The van der Waals surface area contributed by atoms with E-state index in [2.05, 4.69) is 31.0 Å². The van der Waals surface area contributed by atoms with Crippen LogP contribution in [0.1, 0.15) is 57.9 Å². The second-order valence-electron chi connectivity index (χ2n) is 6.30. The zero-order valence-corrected chi connectivity index (χ0v) is 11.9. The number of hydrogen-bond donors (Lipinski definition) is 0. The molecule has 1 nitrogen and oxygen atoms in total. The van der Waals surface area contributed by atoms with Gasteiger partial charge >= 0.3 is 0 Å². The summed E-state index contributed by atoms with van der Waals surface area (Å²) < 4.78 is 0. The van der Waals surface area contributed by atoms with Gasteiger partial charge in [-0.2, -0.15) is 0 Å². The van der Waals surface area contributed by atoms with Gasteiger partial charge in [0.15, 0.2) is 0 Å². The molecule has 0 saturated heterocycles. The topological polar surface area (TPSA) is 12.9 Å². The fraction of sp³-hybridized carbons (Fsp3) is 0.706. The summed E-state index contributed by atoms with van der Waals surface area (Å²) in [6.45, 7) is 4.77. The Bertz CT molecular complexity index is 325. The minimum absolute atomic E-state index is 0.792. The van der Waals surface area contributed by atoms with Crippen LogP contribution in [-0.4, -0.2) is 4.98 Å². The lowest BCUT2D eigenvalue weighted by Crippen LogP contribution is -2.18. The predicted molar refractivity (Wildman–Crippen MR) is 77.5 cm³/mol. The Morgan fingerprint density at radius 3 is 2.39 bits per heavy atom. The van der Waals surface area contributed by atoms with Crippen molar-refractivity contribution >= 4 is 0 Å². The summed E-state index contributed by atoms with van der Waals surface area (Å²) in [5.74, 6) is 2.63. The Hall–Kier alpha value is -0.850. The van der Waals surface area contributed by atoms with E-state index in [0.29, 0.717) is 0 Å². The fourth-order valence-corrected chi connectivity index (χ4v) is 3.26. The molecule has 1 saturated carbocycles. The van der Waals surface area contributed by atoms with Crippen LogP contribution in [-0.2, 0) is 6.42 Å². The third-order valence-electron chi connectivity index (χ3n) is 4.55. The highest BCUT2D eigenvalue weighted by Gasteiger charge is 2.21. The molecule has 0 bridgehead atoms. The molecule has 0 spiro atoms. The van der Waals surface area contributed by atoms with Gasteiger partial charge in [-0.3, -0.25) is 4.98 Å². The highest BCUT2D eigenvalue weighted by molar-refractivity contribution is 5.10. The first-order valence-electron chi connectivity index (χ1n) is 7.64. The van der Waals surface area contributed by atoms with Crippen molar-refractivity contribution in [3.8, 4) is 0 Å². The van der Waals surface area contributed by atoms with Crippen LogP contribution in [0.4, 0.5) is 0 Å². The smallest absolute Gasteiger partial charge is 0.0270 e. The van der Waals surface area contributed by atoms with Crippen molar-refractivity contribution in [2.24, 2.45) is 17.8 Å². The molecular weight excluding hydrogens is 218 g/mol. The number of rotatable bonds is 5. The maximum atomic E-state index is 4.11. The lowest BCUT2D eigenvalue weighted by molar-refractivity contribution is 0.246. The molecular formula is C17H27N. The van der Waals surface area contributed by atoms with E-state index in [0.717, 1.165) is 17.8 Å². The Morgan fingerprint density at radius 2 is 1.78 bits per heavy atom. The average molecular weight is 245 g/mol. The maximum Gasteiger partial charge on any atom is 0.0270 e. The van der Waals surface area contributed by atoms with Gasteiger partial charge in [-0.05, 0) is 48.3 Å². The second-order valence-corrected chi connectivity index (χ2v) is 6.30. The van der Waals surface area contributed by atoms with E-state index in [-0.39, 0.29) is 0 Å². The zero-order chi connectivity index (χ0) is 12.8. The van der Waals surface area contributed by atoms with Crippen LogP contribution in [0, 0.1) is 17.8 Å². The molecule has 0 aromatic carbocycles. The van der Waals surface area contributed by atoms with Gasteiger partial charge < -0.3 is 0 Å². The van der Waals surface area contributed by atoms with E-state index in [1.165, 1.54) is 50.5 Å². The Kier molecular flexibility index (Phi) is 5.22. The molecule has 0 N–H and O–H groups in total. The Balaban J connectivity index is 1.91. The van der Waals surface area contributed by atoms with E-state index >= 15 is 0 Å². The van der Waals surface area contributed by atoms with Crippen molar-refractivity contribution in [2.45, 2.75) is 58.8 Å². The molecule has 1 aromatic rings. The summed E-state index contributed by atoms with van der Waals surface area (Å²) in [7, 11) is 0. The molecule has 1 heterocycles. The van der Waals surface area contributed by atoms with Gasteiger partial charge in [-0.25, -0.2) is 0 Å². The summed E-state index contributed by atoms with van der Waals surface area (Å²) in [6, 6.07) is 4.35. The molecule has 2 rings (SSSR count). The Morgan fingerprint density at radius 1 is 1.11 bits per heavy atom. The van der Waals surface area contributed by atoms with Gasteiger partial charge in [0.2, 0.25) is 0 Å². The number of aromatic nitrogens is 1. The lowest BCUT2D eigenvalue weighted by atomic mass is 9.77. The van der Waals surface area contributed by atoms with Crippen molar-refractivity contribution in [1.29, 1.82) is 0 Å². The average Bonchev–Trinajstić information content (AvgIpc) is 2.40. The summed E-state index contributed by atoms with van der Waals surface area (Å²) in [6.07, 6.45) is 13.8.